The second-order valence-electron chi connectivity index (χ2n) is 8.84. The molecule has 1 amide bonds. The van der Waals surface area contributed by atoms with Gasteiger partial charge in [0.05, 0.1) is 24.8 Å². The molecule has 9 nitrogen and oxygen atoms in total. The Bertz CT molecular complexity index is 1470. The molecule has 0 spiro atoms. The van der Waals surface area contributed by atoms with Crippen LogP contribution in [-0.2, 0) is 16.1 Å². The van der Waals surface area contributed by atoms with Crippen molar-refractivity contribution in [3.8, 4) is 5.69 Å². The van der Waals surface area contributed by atoms with Gasteiger partial charge in [-0.25, -0.2) is 9.18 Å². The van der Waals surface area contributed by atoms with E-state index in [9.17, 15) is 23.6 Å². The normalized spacial score (nSPS) is 15.5. The van der Waals surface area contributed by atoms with Gasteiger partial charge in [0.2, 0.25) is 5.69 Å². The van der Waals surface area contributed by atoms with Crippen LogP contribution >= 0.6 is 11.6 Å². The van der Waals surface area contributed by atoms with Gasteiger partial charge < -0.3 is 9.64 Å². The number of aromatic nitrogens is 3. The van der Waals surface area contributed by atoms with Crippen LogP contribution in [0, 0.1) is 18.7 Å². The second-order valence-corrected chi connectivity index (χ2v) is 9.25. The Morgan fingerprint density at radius 3 is 2.68 bits per heavy atom. The number of carbonyl (C=O) groups excluding carboxylic acids is 2. The maximum absolute atomic E-state index is 13.8. The standard InChI is InChI=1S/C26H26ClFN4O5/c1-3-37-25(35)18-7-5-11-30(15-18)23(33)22-24(34)31(14-17-6-4-8-19(28)12-17)26(36)32(29-22)20-10-9-16(2)21(27)13-20/h4,6,8-10,12-13,18H,3,5,7,11,14-15H2,1-2H3/t18-/m1/s1. The fourth-order valence-corrected chi connectivity index (χ4v) is 4.43. The fourth-order valence-electron chi connectivity index (χ4n) is 4.25. The van der Waals surface area contributed by atoms with Crippen LogP contribution in [-0.4, -0.2) is 50.8 Å². The van der Waals surface area contributed by atoms with Crippen LogP contribution < -0.4 is 11.2 Å². The van der Waals surface area contributed by atoms with E-state index in [1.165, 1.54) is 29.2 Å². The Balaban J connectivity index is 1.81. The van der Waals surface area contributed by atoms with E-state index in [0.717, 1.165) is 14.8 Å². The summed E-state index contributed by atoms with van der Waals surface area (Å²) in [6, 6.07) is 10.3. The van der Waals surface area contributed by atoms with Crippen molar-refractivity contribution in [2.24, 2.45) is 5.92 Å². The summed E-state index contributed by atoms with van der Waals surface area (Å²) in [5, 5.41) is 4.52. The fraction of sp³-hybridized carbons (Fsp3) is 0.346. The molecule has 194 valence electrons. The monoisotopic (exact) mass is 528 g/mol. The Morgan fingerprint density at radius 1 is 1.19 bits per heavy atom. The molecule has 0 bridgehead atoms. The highest BCUT2D eigenvalue weighted by Gasteiger charge is 2.32. The third-order valence-electron chi connectivity index (χ3n) is 6.22. The lowest BCUT2D eigenvalue weighted by Crippen LogP contribution is -2.49. The van der Waals surface area contributed by atoms with Gasteiger partial charge in [0.15, 0.2) is 0 Å². The molecule has 0 aliphatic carbocycles. The molecule has 11 heteroatoms. The minimum Gasteiger partial charge on any atom is -0.466 e. The van der Waals surface area contributed by atoms with E-state index in [0.29, 0.717) is 30.0 Å². The lowest BCUT2D eigenvalue weighted by molar-refractivity contribution is -0.149. The van der Waals surface area contributed by atoms with E-state index in [1.807, 2.05) is 0 Å². The first-order valence-electron chi connectivity index (χ1n) is 11.9. The average Bonchev–Trinajstić information content (AvgIpc) is 2.88. The number of esters is 1. The van der Waals surface area contributed by atoms with Crippen LogP contribution in [0.15, 0.2) is 52.1 Å². The molecule has 1 aliphatic heterocycles. The molecular weight excluding hydrogens is 503 g/mol. The Hall–Kier alpha value is -3.79. The van der Waals surface area contributed by atoms with Gasteiger partial charge in [-0.3, -0.25) is 19.0 Å². The summed E-state index contributed by atoms with van der Waals surface area (Å²) < 4.78 is 20.7. The molecule has 2 aromatic carbocycles. The minimum atomic E-state index is -0.910. The van der Waals surface area contributed by atoms with Gasteiger partial charge in [0.1, 0.15) is 5.82 Å². The van der Waals surface area contributed by atoms with Crippen LogP contribution in [0.5, 0.6) is 0 Å². The summed E-state index contributed by atoms with van der Waals surface area (Å²) in [5.74, 6) is -2.16. The van der Waals surface area contributed by atoms with Crippen LogP contribution in [0.4, 0.5) is 4.39 Å². The van der Waals surface area contributed by atoms with Crippen molar-refractivity contribution < 1.29 is 18.7 Å². The van der Waals surface area contributed by atoms with Crippen molar-refractivity contribution in [3.05, 3.63) is 91.0 Å². The zero-order valence-corrected chi connectivity index (χ0v) is 21.2. The van der Waals surface area contributed by atoms with Crippen molar-refractivity contribution in [1.29, 1.82) is 0 Å². The minimum absolute atomic E-state index is 0.0676. The van der Waals surface area contributed by atoms with E-state index in [1.54, 1.807) is 32.0 Å². The van der Waals surface area contributed by atoms with Crippen molar-refractivity contribution in [1.82, 2.24) is 19.2 Å². The van der Waals surface area contributed by atoms with Gasteiger partial charge in [-0.15, -0.1) is 0 Å². The number of hydrogen-bond donors (Lipinski definition) is 0. The molecule has 1 fully saturated rings. The highest BCUT2D eigenvalue weighted by atomic mass is 35.5. The Kier molecular flexibility index (Phi) is 7.87. The SMILES string of the molecule is CCOC(=O)[C@@H]1CCCN(C(=O)c2nn(-c3ccc(C)c(Cl)c3)c(=O)n(Cc3cccc(F)c3)c2=O)C1. The van der Waals surface area contributed by atoms with Crippen LogP contribution in [0.2, 0.25) is 5.02 Å². The highest BCUT2D eigenvalue weighted by molar-refractivity contribution is 6.31. The quantitative estimate of drug-likeness (QED) is 0.456. The number of halogens is 2. The van der Waals surface area contributed by atoms with Crippen molar-refractivity contribution in [3.63, 3.8) is 0 Å². The van der Waals surface area contributed by atoms with E-state index >= 15 is 0 Å². The summed E-state index contributed by atoms with van der Waals surface area (Å²) in [6.45, 7) is 3.82. The number of carbonyl (C=O) groups is 2. The van der Waals surface area contributed by atoms with Gasteiger partial charge in [-0.1, -0.05) is 29.8 Å². The third-order valence-corrected chi connectivity index (χ3v) is 6.63. The third kappa shape index (κ3) is 5.64. The van der Waals surface area contributed by atoms with Gasteiger partial charge in [0.25, 0.3) is 11.5 Å². The number of piperidine rings is 1. The van der Waals surface area contributed by atoms with Crippen LogP contribution in [0.3, 0.4) is 0 Å². The number of nitrogens with zero attached hydrogens (tertiary/aromatic N) is 4. The number of likely N-dealkylation sites (tertiary alicyclic amines) is 1. The first-order valence-corrected chi connectivity index (χ1v) is 12.3. The van der Waals surface area contributed by atoms with Gasteiger partial charge in [0, 0.05) is 18.1 Å². The smallest absolute Gasteiger partial charge is 0.352 e. The molecule has 1 atom stereocenters. The predicted octanol–water partition coefficient (Wildman–Crippen LogP) is 2.96. The first kappa shape index (κ1) is 26.3. The molecule has 0 unspecified atom stereocenters. The molecule has 3 aromatic rings. The molecule has 2 heterocycles. The summed E-state index contributed by atoms with van der Waals surface area (Å²) in [4.78, 5) is 54.0. The van der Waals surface area contributed by atoms with Crippen molar-refractivity contribution in [2.75, 3.05) is 19.7 Å². The van der Waals surface area contributed by atoms with Crippen molar-refractivity contribution >= 4 is 23.5 Å². The van der Waals surface area contributed by atoms with E-state index in [2.05, 4.69) is 5.10 Å². The van der Waals surface area contributed by atoms with E-state index < -0.39 is 40.6 Å². The highest BCUT2D eigenvalue weighted by Crippen LogP contribution is 2.20. The lowest BCUT2D eigenvalue weighted by atomic mass is 9.98. The summed E-state index contributed by atoms with van der Waals surface area (Å²) in [5.41, 5.74) is -0.831. The van der Waals surface area contributed by atoms with Gasteiger partial charge >= 0.3 is 11.7 Å². The molecule has 4 rings (SSSR count). The van der Waals surface area contributed by atoms with Crippen LogP contribution in [0.1, 0.15) is 41.4 Å². The summed E-state index contributed by atoms with van der Waals surface area (Å²) in [6.07, 6.45) is 1.10. The topological polar surface area (TPSA) is 104 Å². The van der Waals surface area contributed by atoms with Crippen molar-refractivity contribution in [2.45, 2.75) is 33.2 Å². The number of ether oxygens (including phenoxy) is 1. The molecule has 0 N–H and O–H groups in total. The molecule has 0 saturated carbocycles. The number of rotatable bonds is 6. The Labute approximate surface area is 217 Å². The first-order chi connectivity index (χ1) is 17.7. The zero-order valence-electron chi connectivity index (χ0n) is 20.4. The predicted molar refractivity (Wildman–Crippen MR) is 135 cm³/mol. The molecule has 1 aliphatic rings. The number of hydrogen-bond acceptors (Lipinski definition) is 6. The van der Waals surface area contributed by atoms with Crippen LogP contribution in [0.25, 0.3) is 5.69 Å². The number of amides is 1. The summed E-state index contributed by atoms with van der Waals surface area (Å²) >= 11 is 6.26. The van der Waals surface area contributed by atoms with E-state index in [4.69, 9.17) is 16.3 Å². The lowest BCUT2D eigenvalue weighted by Gasteiger charge is -2.31. The molecular formula is C26H26ClFN4O5. The van der Waals surface area contributed by atoms with Gasteiger partial charge in [-0.2, -0.15) is 9.78 Å². The average molecular weight is 529 g/mol. The van der Waals surface area contributed by atoms with E-state index in [-0.39, 0.29) is 25.4 Å². The summed E-state index contributed by atoms with van der Waals surface area (Å²) in [7, 11) is 0. The largest absolute Gasteiger partial charge is 0.466 e. The maximum Gasteiger partial charge on any atom is 0.352 e. The van der Waals surface area contributed by atoms with Gasteiger partial charge in [-0.05, 0) is 62.1 Å². The number of benzene rings is 2. The zero-order chi connectivity index (χ0) is 26.7. The molecule has 1 aromatic heterocycles. The molecule has 37 heavy (non-hydrogen) atoms. The second kappa shape index (κ2) is 11.1. The molecule has 1 saturated heterocycles. The number of aryl methyl sites for hydroxylation is 1. The Morgan fingerprint density at radius 2 is 1.97 bits per heavy atom. The molecule has 0 radical (unpaired) electrons. The maximum atomic E-state index is 13.8.